The van der Waals surface area contributed by atoms with Gasteiger partial charge in [0.25, 0.3) is 0 Å². The highest BCUT2D eigenvalue weighted by Crippen LogP contribution is 2.24. The van der Waals surface area contributed by atoms with Crippen LogP contribution in [0.25, 0.3) is 0 Å². The monoisotopic (exact) mass is 324 g/mol. The molecular formula is C11H14BrFO3S. The largest absolute Gasteiger partial charge is 0.490 e. The summed E-state index contributed by atoms with van der Waals surface area (Å²) in [6.45, 7) is 0.188. The molecule has 1 rings (SSSR count). The summed E-state index contributed by atoms with van der Waals surface area (Å²) in [5, 5.41) is 0.492. The van der Waals surface area contributed by atoms with E-state index in [1.807, 2.05) is 0 Å². The second-order valence-electron chi connectivity index (χ2n) is 3.69. The van der Waals surface area contributed by atoms with Gasteiger partial charge < -0.3 is 4.74 Å². The van der Waals surface area contributed by atoms with Gasteiger partial charge in [0.05, 0.1) is 12.4 Å². The highest BCUT2D eigenvalue weighted by Gasteiger charge is 2.09. The standard InChI is InChI=1S/C11H14BrFO3S/c1-17(14,15)7-3-6-16-11-9(8-12)4-2-5-10(11)13/h2,4-5H,3,6-8H2,1H3. The predicted octanol–water partition coefficient (Wildman–Crippen LogP) is 2.53. The van der Waals surface area contributed by atoms with E-state index in [-0.39, 0.29) is 18.1 Å². The zero-order valence-corrected chi connectivity index (χ0v) is 11.9. The number of benzene rings is 1. The summed E-state index contributed by atoms with van der Waals surface area (Å²) in [6, 6.07) is 4.68. The molecule has 0 atom stereocenters. The molecule has 0 amide bonds. The smallest absolute Gasteiger partial charge is 0.165 e. The van der Waals surface area contributed by atoms with E-state index in [2.05, 4.69) is 15.9 Å². The normalized spacial score (nSPS) is 11.5. The van der Waals surface area contributed by atoms with Crippen molar-refractivity contribution in [3.05, 3.63) is 29.6 Å². The number of para-hydroxylation sites is 1. The van der Waals surface area contributed by atoms with Crippen molar-refractivity contribution >= 4 is 25.8 Å². The summed E-state index contributed by atoms with van der Waals surface area (Å²) >= 11 is 3.24. The third kappa shape index (κ3) is 5.04. The Kier molecular flexibility index (Phi) is 5.39. The molecule has 0 saturated heterocycles. The van der Waals surface area contributed by atoms with Crippen molar-refractivity contribution in [3.63, 3.8) is 0 Å². The molecule has 6 heteroatoms. The Labute approximate surface area is 109 Å². The maximum Gasteiger partial charge on any atom is 0.165 e. The summed E-state index contributed by atoms with van der Waals surface area (Å²) in [5.74, 6) is -0.190. The van der Waals surface area contributed by atoms with E-state index in [9.17, 15) is 12.8 Å². The first-order valence-corrected chi connectivity index (χ1v) is 8.26. The lowest BCUT2D eigenvalue weighted by atomic mass is 10.2. The number of hydrogen-bond donors (Lipinski definition) is 0. The lowest BCUT2D eigenvalue weighted by molar-refractivity contribution is 0.299. The summed E-state index contributed by atoms with van der Waals surface area (Å²) in [6.07, 6.45) is 1.52. The first-order chi connectivity index (χ1) is 7.94. The number of ether oxygens (including phenoxy) is 1. The summed E-state index contributed by atoms with van der Waals surface area (Å²) in [7, 11) is -2.99. The average molecular weight is 325 g/mol. The number of rotatable bonds is 6. The molecule has 0 spiro atoms. The maximum atomic E-state index is 13.4. The van der Waals surface area contributed by atoms with Crippen LogP contribution >= 0.6 is 15.9 Å². The molecule has 0 bridgehead atoms. The van der Waals surface area contributed by atoms with Crippen molar-refractivity contribution in [1.82, 2.24) is 0 Å². The van der Waals surface area contributed by atoms with Crippen LogP contribution in [0, 0.1) is 5.82 Å². The van der Waals surface area contributed by atoms with Crippen molar-refractivity contribution in [3.8, 4) is 5.75 Å². The Bertz CT molecular complexity index is 474. The molecule has 0 N–H and O–H groups in total. The van der Waals surface area contributed by atoms with Crippen LogP contribution in [0.3, 0.4) is 0 Å². The third-order valence-corrected chi connectivity index (χ3v) is 3.73. The zero-order valence-electron chi connectivity index (χ0n) is 9.45. The zero-order chi connectivity index (χ0) is 12.9. The Morgan fingerprint density at radius 2 is 2.12 bits per heavy atom. The molecule has 1 aromatic carbocycles. The average Bonchev–Trinajstić information content (AvgIpc) is 2.24. The van der Waals surface area contributed by atoms with Crippen LogP contribution < -0.4 is 4.74 Å². The lowest BCUT2D eigenvalue weighted by Gasteiger charge is -2.10. The van der Waals surface area contributed by atoms with Gasteiger partial charge in [-0.25, -0.2) is 12.8 Å². The fraction of sp³-hybridized carbons (Fsp3) is 0.455. The molecule has 17 heavy (non-hydrogen) atoms. The molecule has 0 saturated carbocycles. The van der Waals surface area contributed by atoms with Crippen LogP contribution in [-0.4, -0.2) is 27.0 Å². The van der Waals surface area contributed by atoms with E-state index in [0.717, 1.165) is 0 Å². The van der Waals surface area contributed by atoms with E-state index in [1.165, 1.54) is 12.3 Å². The lowest BCUT2D eigenvalue weighted by Crippen LogP contribution is -2.09. The Morgan fingerprint density at radius 1 is 1.41 bits per heavy atom. The number of alkyl halides is 1. The van der Waals surface area contributed by atoms with E-state index in [0.29, 0.717) is 17.3 Å². The Hall–Kier alpha value is -0.620. The molecule has 0 aliphatic rings. The number of halogens is 2. The minimum atomic E-state index is -2.99. The molecule has 0 radical (unpaired) electrons. The second-order valence-corrected chi connectivity index (χ2v) is 6.51. The molecule has 3 nitrogen and oxygen atoms in total. The van der Waals surface area contributed by atoms with Crippen molar-refractivity contribution in [2.45, 2.75) is 11.8 Å². The first-order valence-electron chi connectivity index (χ1n) is 5.08. The van der Waals surface area contributed by atoms with E-state index < -0.39 is 15.7 Å². The highest BCUT2D eigenvalue weighted by molar-refractivity contribution is 9.08. The van der Waals surface area contributed by atoms with Gasteiger partial charge in [0.1, 0.15) is 9.84 Å². The van der Waals surface area contributed by atoms with Gasteiger partial charge in [-0.2, -0.15) is 0 Å². The van der Waals surface area contributed by atoms with Crippen LogP contribution in [0.5, 0.6) is 5.75 Å². The van der Waals surface area contributed by atoms with Gasteiger partial charge in [0, 0.05) is 17.1 Å². The first kappa shape index (κ1) is 14.4. The minimum absolute atomic E-state index is 0.0467. The molecule has 0 fully saturated rings. The molecule has 0 unspecified atom stereocenters. The van der Waals surface area contributed by atoms with E-state index in [4.69, 9.17) is 4.74 Å². The van der Waals surface area contributed by atoms with Crippen molar-refractivity contribution in [1.29, 1.82) is 0 Å². The second kappa shape index (κ2) is 6.35. The molecule has 96 valence electrons. The van der Waals surface area contributed by atoms with Gasteiger partial charge >= 0.3 is 0 Å². The number of hydrogen-bond acceptors (Lipinski definition) is 3. The summed E-state index contributed by atoms with van der Waals surface area (Å²) in [4.78, 5) is 0. The SMILES string of the molecule is CS(=O)(=O)CCCOc1c(F)cccc1CBr. The fourth-order valence-corrected chi connectivity index (χ4v) is 2.40. The van der Waals surface area contributed by atoms with Crippen LogP contribution in [0.4, 0.5) is 4.39 Å². The topological polar surface area (TPSA) is 43.4 Å². The minimum Gasteiger partial charge on any atom is -0.490 e. The Balaban J connectivity index is 2.57. The van der Waals surface area contributed by atoms with Crippen LogP contribution in [-0.2, 0) is 15.2 Å². The third-order valence-electron chi connectivity index (χ3n) is 2.10. The molecule has 1 aromatic rings. The number of sulfone groups is 1. The van der Waals surface area contributed by atoms with Crippen LogP contribution in [0.15, 0.2) is 18.2 Å². The molecule has 0 heterocycles. The van der Waals surface area contributed by atoms with Gasteiger partial charge in [-0.1, -0.05) is 28.1 Å². The molecule has 0 aliphatic heterocycles. The molecule has 0 aliphatic carbocycles. The van der Waals surface area contributed by atoms with Gasteiger partial charge in [-0.15, -0.1) is 0 Å². The highest BCUT2D eigenvalue weighted by atomic mass is 79.9. The van der Waals surface area contributed by atoms with Crippen LogP contribution in [0.1, 0.15) is 12.0 Å². The summed E-state index contributed by atoms with van der Waals surface area (Å²) < 4.78 is 40.5. The van der Waals surface area contributed by atoms with Crippen LogP contribution in [0.2, 0.25) is 0 Å². The molecule has 0 aromatic heterocycles. The van der Waals surface area contributed by atoms with Gasteiger partial charge in [-0.05, 0) is 12.5 Å². The van der Waals surface area contributed by atoms with Crippen molar-refractivity contribution < 1.29 is 17.5 Å². The fourth-order valence-electron chi connectivity index (χ4n) is 1.32. The quantitative estimate of drug-likeness (QED) is 0.596. The summed E-state index contributed by atoms with van der Waals surface area (Å²) in [5.41, 5.74) is 0.712. The Morgan fingerprint density at radius 3 is 2.71 bits per heavy atom. The predicted molar refractivity (Wildman–Crippen MR) is 68.9 cm³/mol. The van der Waals surface area contributed by atoms with Gasteiger partial charge in [-0.3, -0.25) is 0 Å². The van der Waals surface area contributed by atoms with Crippen molar-refractivity contribution in [2.24, 2.45) is 0 Å². The van der Waals surface area contributed by atoms with Gasteiger partial charge in [0.15, 0.2) is 11.6 Å². The molecular weight excluding hydrogens is 311 g/mol. The van der Waals surface area contributed by atoms with E-state index in [1.54, 1.807) is 12.1 Å². The maximum absolute atomic E-state index is 13.4. The van der Waals surface area contributed by atoms with Gasteiger partial charge in [0.2, 0.25) is 0 Å². The van der Waals surface area contributed by atoms with Crippen molar-refractivity contribution in [2.75, 3.05) is 18.6 Å². The van der Waals surface area contributed by atoms with E-state index >= 15 is 0 Å².